The van der Waals surface area contributed by atoms with E-state index in [-0.39, 0.29) is 6.61 Å². The molecule has 0 spiro atoms. The lowest BCUT2D eigenvalue weighted by Crippen LogP contribution is -2.36. The monoisotopic (exact) mass is 342 g/mol. The predicted octanol–water partition coefficient (Wildman–Crippen LogP) is 2.47. The summed E-state index contributed by atoms with van der Waals surface area (Å²) < 4.78 is 7.42. The molecule has 0 aromatic rings. The van der Waals surface area contributed by atoms with Gasteiger partial charge in [-0.1, -0.05) is 40.4 Å². The van der Waals surface area contributed by atoms with Crippen LogP contribution in [-0.4, -0.2) is 38.9 Å². The first-order valence-corrected chi connectivity index (χ1v) is 6.58. The minimum Gasteiger partial charge on any atom is -0.457 e. The lowest BCUT2D eigenvalue weighted by Gasteiger charge is -2.20. The number of hydrogen-bond acceptors (Lipinski definition) is 4. The highest BCUT2D eigenvalue weighted by Gasteiger charge is 2.40. The number of ether oxygens (including phenoxy) is 2. The lowest BCUT2D eigenvalue weighted by atomic mass is 10.2. The van der Waals surface area contributed by atoms with Crippen LogP contribution in [0.4, 0.5) is 0 Å². The van der Waals surface area contributed by atoms with Gasteiger partial charge in [-0.05, 0) is 26.8 Å². The third-order valence-corrected chi connectivity index (χ3v) is 2.45. The van der Waals surface area contributed by atoms with Gasteiger partial charge in [0, 0.05) is 0 Å². The van der Waals surface area contributed by atoms with Crippen LogP contribution in [0.25, 0.3) is 5.53 Å². The zero-order valence-electron chi connectivity index (χ0n) is 11.0. The molecular formula is C11H13Cl3N2O4. The van der Waals surface area contributed by atoms with Gasteiger partial charge in [-0.15, -0.1) is 0 Å². The summed E-state index contributed by atoms with van der Waals surface area (Å²) >= 11 is 17.0. The summed E-state index contributed by atoms with van der Waals surface area (Å²) in [6, 6.07) is 0. The van der Waals surface area contributed by atoms with Gasteiger partial charge in [0.15, 0.2) is 6.10 Å². The van der Waals surface area contributed by atoms with Gasteiger partial charge in [-0.3, -0.25) is 0 Å². The van der Waals surface area contributed by atoms with E-state index in [1.54, 1.807) is 13.8 Å². The van der Waals surface area contributed by atoms with E-state index in [1.165, 1.54) is 13.0 Å². The zero-order valence-corrected chi connectivity index (χ0v) is 13.3. The molecule has 0 saturated carbocycles. The minimum atomic E-state index is -1.94. The molecule has 6 nitrogen and oxygen atoms in total. The Hall–Kier alpha value is -1.07. The van der Waals surface area contributed by atoms with E-state index in [9.17, 15) is 9.59 Å². The van der Waals surface area contributed by atoms with Crippen molar-refractivity contribution in [1.82, 2.24) is 0 Å². The van der Waals surface area contributed by atoms with Crippen molar-refractivity contribution in [3.63, 3.8) is 0 Å². The molecule has 112 valence electrons. The quantitative estimate of drug-likeness (QED) is 0.146. The maximum atomic E-state index is 11.7. The number of nitrogens with zero attached hydrogens (tertiary/aromatic N) is 2. The number of hydrogen-bond donors (Lipinski definition) is 0. The standard InChI is InChI=1S/C11H13Cl3N2O4/c1-4-19-9(17)8(16-15)10(18)20-7(5-6(2)3)11(12,13)14/h5,7H,4H2,1-3H3/t7-/m1/s1. The van der Waals surface area contributed by atoms with Gasteiger partial charge in [-0.2, -0.15) is 4.79 Å². The number of allylic oxidation sites excluding steroid dienone is 1. The van der Waals surface area contributed by atoms with Crippen LogP contribution >= 0.6 is 34.8 Å². The van der Waals surface area contributed by atoms with Gasteiger partial charge < -0.3 is 15.0 Å². The van der Waals surface area contributed by atoms with E-state index >= 15 is 0 Å². The Morgan fingerprint density at radius 2 is 1.85 bits per heavy atom. The van der Waals surface area contributed by atoms with E-state index < -0.39 is 27.5 Å². The minimum absolute atomic E-state index is 0.00696. The fourth-order valence-electron chi connectivity index (χ4n) is 1.03. The molecule has 1 atom stereocenters. The van der Waals surface area contributed by atoms with Crippen molar-refractivity contribution in [2.24, 2.45) is 0 Å². The first-order valence-electron chi connectivity index (χ1n) is 5.45. The van der Waals surface area contributed by atoms with Crippen LogP contribution in [0.3, 0.4) is 0 Å². The van der Waals surface area contributed by atoms with E-state index in [2.05, 4.69) is 9.53 Å². The number of alkyl halides is 3. The number of rotatable bonds is 5. The molecule has 0 aliphatic rings. The number of carbonyl (C=O) groups is 2. The van der Waals surface area contributed by atoms with Crippen LogP contribution in [0.1, 0.15) is 20.8 Å². The molecule has 0 rings (SSSR count). The Morgan fingerprint density at radius 3 is 2.20 bits per heavy atom. The summed E-state index contributed by atoms with van der Waals surface area (Å²) in [7, 11) is 0. The van der Waals surface area contributed by atoms with Crippen LogP contribution in [-0.2, 0) is 19.1 Å². The van der Waals surface area contributed by atoms with Crippen molar-refractivity contribution in [3.8, 4) is 0 Å². The highest BCUT2D eigenvalue weighted by atomic mass is 35.6. The second-order valence-corrected chi connectivity index (χ2v) is 6.15. The molecule has 0 heterocycles. The van der Waals surface area contributed by atoms with Gasteiger partial charge in [0.05, 0.1) is 6.61 Å². The molecule has 0 aliphatic carbocycles. The highest BCUT2D eigenvalue weighted by Crippen LogP contribution is 2.33. The molecular weight excluding hydrogens is 330 g/mol. The van der Waals surface area contributed by atoms with Crippen LogP contribution in [0.2, 0.25) is 0 Å². The third-order valence-electron chi connectivity index (χ3n) is 1.80. The molecule has 0 radical (unpaired) electrons. The van der Waals surface area contributed by atoms with Gasteiger partial charge in [0.1, 0.15) is 0 Å². The van der Waals surface area contributed by atoms with Gasteiger partial charge in [0.25, 0.3) is 0 Å². The fourth-order valence-corrected chi connectivity index (χ4v) is 1.36. The molecule has 0 aromatic carbocycles. The molecule has 0 saturated heterocycles. The summed E-state index contributed by atoms with van der Waals surface area (Å²) in [5, 5.41) is 0. The van der Waals surface area contributed by atoms with E-state index in [0.29, 0.717) is 5.57 Å². The summed E-state index contributed by atoms with van der Waals surface area (Å²) in [6.45, 7) is 4.91. The topological polar surface area (TPSA) is 89.0 Å². The van der Waals surface area contributed by atoms with Crippen molar-refractivity contribution in [2.75, 3.05) is 6.61 Å². The molecule has 20 heavy (non-hydrogen) atoms. The summed E-state index contributed by atoms with van der Waals surface area (Å²) in [4.78, 5) is 25.6. The summed E-state index contributed by atoms with van der Waals surface area (Å²) in [5.41, 5.74) is 8.44. The maximum absolute atomic E-state index is 11.7. The maximum Gasteiger partial charge on any atom is 0.482 e. The van der Waals surface area contributed by atoms with Crippen LogP contribution < -0.4 is 0 Å². The average Bonchev–Trinajstić information content (AvgIpc) is 2.27. The van der Waals surface area contributed by atoms with Crippen molar-refractivity contribution < 1.29 is 23.9 Å². The molecule has 0 N–H and O–H groups in total. The fraction of sp³-hybridized carbons (Fsp3) is 0.545. The highest BCUT2D eigenvalue weighted by molar-refractivity contribution is 6.68. The number of halogens is 3. The average molecular weight is 344 g/mol. The first kappa shape index (κ1) is 18.9. The second kappa shape index (κ2) is 8.27. The van der Waals surface area contributed by atoms with Gasteiger partial charge >= 0.3 is 17.7 Å². The van der Waals surface area contributed by atoms with E-state index in [4.69, 9.17) is 45.1 Å². The van der Waals surface area contributed by atoms with Crippen molar-refractivity contribution in [1.29, 1.82) is 0 Å². The lowest BCUT2D eigenvalue weighted by molar-refractivity contribution is -0.150. The number of carbonyl (C=O) groups excluding carboxylic acids is 2. The second-order valence-electron chi connectivity index (χ2n) is 3.78. The first-order chi connectivity index (χ1) is 9.13. The molecule has 9 heteroatoms. The van der Waals surface area contributed by atoms with Gasteiger partial charge in [0.2, 0.25) is 3.79 Å². The largest absolute Gasteiger partial charge is 0.482 e. The van der Waals surface area contributed by atoms with Gasteiger partial charge in [-0.25, -0.2) is 9.59 Å². The third kappa shape index (κ3) is 6.39. The molecule has 0 amide bonds. The predicted molar refractivity (Wildman–Crippen MR) is 74.9 cm³/mol. The van der Waals surface area contributed by atoms with Crippen molar-refractivity contribution in [3.05, 3.63) is 17.2 Å². The Balaban J connectivity index is 5.15. The Kier molecular flexibility index (Phi) is 7.83. The van der Waals surface area contributed by atoms with Crippen LogP contribution in [0, 0.1) is 0 Å². The molecule has 0 bridgehead atoms. The van der Waals surface area contributed by atoms with E-state index in [0.717, 1.165) is 0 Å². The van der Waals surface area contributed by atoms with Crippen molar-refractivity contribution >= 4 is 52.5 Å². The van der Waals surface area contributed by atoms with Crippen LogP contribution in [0.5, 0.6) is 0 Å². The zero-order chi connectivity index (χ0) is 15.9. The Bertz CT molecular complexity index is 461. The molecule has 0 aliphatic heterocycles. The Labute approximate surface area is 131 Å². The SMILES string of the molecule is CCOC(=O)C(=[N+]=[N-])C(=O)O[C@H](C=C(C)C)C(Cl)(Cl)Cl. The summed E-state index contributed by atoms with van der Waals surface area (Å²) in [6.07, 6.45) is 0.126. The molecule has 0 fully saturated rings. The van der Waals surface area contributed by atoms with Crippen LogP contribution in [0.15, 0.2) is 11.6 Å². The van der Waals surface area contributed by atoms with E-state index in [1.807, 2.05) is 0 Å². The van der Waals surface area contributed by atoms with Crippen molar-refractivity contribution in [2.45, 2.75) is 30.7 Å². The molecule has 0 aromatic heterocycles. The summed E-state index contributed by atoms with van der Waals surface area (Å²) in [5.74, 6) is -2.40. The normalized spacial score (nSPS) is 11.9. The molecule has 0 unspecified atom stereocenters. The Morgan fingerprint density at radius 1 is 1.30 bits per heavy atom. The number of esters is 2. The smallest absolute Gasteiger partial charge is 0.457 e.